The molecule has 0 heterocycles. The molecule has 0 saturated carbocycles. The summed E-state index contributed by atoms with van der Waals surface area (Å²) in [6.07, 6.45) is -0.716. The van der Waals surface area contributed by atoms with Crippen LogP contribution in [0.2, 0.25) is 0 Å². The van der Waals surface area contributed by atoms with Gasteiger partial charge in [0.15, 0.2) is 0 Å². The molecular weight excluding hydrogens is 227 g/mol. The number of aliphatic hydroxyl groups excluding tert-OH is 1. The SMILES string of the molecule is CC(OCCO)C(=O)Nc1ccc(F)cc1N. The number of hydrogen-bond donors (Lipinski definition) is 3. The van der Waals surface area contributed by atoms with E-state index in [1.54, 1.807) is 6.92 Å². The van der Waals surface area contributed by atoms with Gasteiger partial charge >= 0.3 is 0 Å². The van der Waals surface area contributed by atoms with E-state index < -0.39 is 17.8 Å². The van der Waals surface area contributed by atoms with E-state index in [0.29, 0.717) is 5.69 Å². The van der Waals surface area contributed by atoms with Crippen LogP contribution in [0, 0.1) is 5.82 Å². The molecule has 1 rings (SSSR count). The fourth-order valence-electron chi connectivity index (χ4n) is 1.19. The Hall–Kier alpha value is -1.66. The summed E-state index contributed by atoms with van der Waals surface area (Å²) in [6, 6.07) is 3.70. The van der Waals surface area contributed by atoms with E-state index in [1.165, 1.54) is 12.1 Å². The lowest BCUT2D eigenvalue weighted by Gasteiger charge is -2.13. The van der Waals surface area contributed by atoms with Crippen LogP contribution in [0.15, 0.2) is 18.2 Å². The van der Waals surface area contributed by atoms with Crippen molar-refractivity contribution in [3.63, 3.8) is 0 Å². The number of anilines is 2. The number of nitrogens with one attached hydrogen (secondary N) is 1. The zero-order valence-corrected chi connectivity index (χ0v) is 9.44. The van der Waals surface area contributed by atoms with Crippen LogP contribution in [-0.4, -0.2) is 30.3 Å². The minimum absolute atomic E-state index is 0.0769. The number of amides is 1. The number of rotatable bonds is 5. The van der Waals surface area contributed by atoms with Crippen molar-refractivity contribution in [3.8, 4) is 0 Å². The summed E-state index contributed by atoms with van der Waals surface area (Å²) in [7, 11) is 0. The van der Waals surface area contributed by atoms with Crippen LogP contribution in [0.25, 0.3) is 0 Å². The van der Waals surface area contributed by atoms with E-state index in [-0.39, 0.29) is 18.9 Å². The molecule has 4 N–H and O–H groups in total. The lowest BCUT2D eigenvalue weighted by atomic mass is 10.2. The van der Waals surface area contributed by atoms with Gasteiger partial charge in [-0.15, -0.1) is 0 Å². The number of nitrogen functional groups attached to an aromatic ring is 1. The van der Waals surface area contributed by atoms with Crippen molar-refractivity contribution in [2.45, 2.75) is 13.0 Å². The summed E-state index contributed by atoms with van der Waals surface area (Å²) in [5.74, 6) is -0.873. The van der Waals surface area contributed by atoms with Crippen LogP contribution in [0.5, 0.6) is 0 Å². The van der Waals surface area contributed by atoms with Gasteiger partial charge in [-0.1, -0.05) is 0 Å². The van der Waals surface area contributed by atoms with Crippen LogP contribution in [0.1, 0.15) is 6.92 Å². The zero-order chi connectivity index (χ0) is 12.8. The predicted molar refractivity (Wildman–Crippen MR) is 61.9 cm³/mol. The monoisotopic (exact) mass is 242 g/mol. The topological polar surface area (TPSA) is 84.6 Å². The number of hydrogen-bond acceptors (Lipinski definition) is 4. The molecule has 0 aliphatic carbocycles. The van der Waals surface area contributed by atoms with Gasteiger partial charge in [0, 0.05) is 0 Å². The van der Waals surface area contributed by atoms with E-state index in [1.807, 2.05) is 0 Å². The number of carbonyl (C=O) groups is 1. The predicted octanol–water partition coefficient (Wildman–Crippen LogP) is 0.744. The second-order valence-electron chi connectivity index (χ2n) is 3.46. The Morgan fingerprint density at radius 1 is 1.65 bits per heavy atom. The quantitative estimate of drug-likeness (QED) is 0.665. The third-order valence-electron chi connectivity index (χ3n) is 2.10. The Kier molecular flexibility index (Phi) is 4.86. The fraction of sp³-hybridized carbons (Fsp3) is 0.364. The van der Waals surface area contributed by atoms with E-state index >= 15 is 0 Å². The van der Waals surface area contributed by atoms with Crippen molar-refractivity contribution in [2.24, 2.45) is 0 Å². The Bertz CT molecular complexity index is 398. The third-order valence-corrected chi connectivity index (χ3v) is 2.10. The number of carbonyl (C=O) groups excluding carboxylic acids is 1. The first kappa shape index (κ1) is 13.4. The van der Waals surface area contributed by atoms with Crippen molar-refractivity contribution in [1.82, 2.24) is 0 Å². The average Bonchev–Trinajstić information content (AvgIpc) is 2.29. The molecule has 1 aromatic rings. The minimum Gasteiger partial charge on any atom is -0.397 e. The smallest absolute Gasteiger partial charge is 0.253 e. The summed E-state index contributed by atoms with van der Waals surface area (Å²) in [4.78, 5) is 11.6. The standard InChI is InChI=1S/C11H15FN2O3/c1-7(17-5-4-15)11(16)14-10-3-2-8(12)6-9(10)13/h2-3,6-7,15H,4-5,13H2,1H3,(H,14,16). The number of benzene rings is 1. The van der Waals surface area contributed by atoms with Crippen LogP contribution in [-0.2, 0) is 9.53 Å². The van der Waals surface area contributed by atoms with Gasteiger partial charge in [0.25, 0.3) is 5.91 Å². The maximum atomic E-state index is 12.8. The molecule has 0 radical (unpaired) electrons. The average molecular weight is 242 g/mol. The maximum Gasteiger partial charge on any atom is 0.253 e. The van der Waals surface area contributed by atoms with Gasteiger partial charge in [0.1, 0.15) is 11.9 Å². The van der Waals surface area contributed by atoms with E-state index in [2.05, 4.69) is 5.32 Å². The van der Waals surface area contributed by atoms with Gasteiger partial charge < -0.3 is 20.9 Å². The molecule has 0 bridgehead atoms. The first-order valence-electron chi connectivity index (χ1n) is 5.13. The number of nitrogens with two attached hydrogens (primary N) is 1. The van der Waals surface area contributed by atoms with Gasteiger partial charge in [0.05, 0.1) is 24.6 Å². The lowest BCUT2D eigenvalue weighted by Crippen LogP contribution is -2.29. The molecule has 17 heavy (non-hydrogen) atoms. The van der Waals surface area contributed by atoms with Gasteiger partial charge in [-0.05, 0) is 25.1 Å². The normalized spacial score (nSPS) is 12.2. The highest BCUT2D eigenvalue weighted by Crippen LogP contribution is 2.19. The van der Waals surface area contributed by atoms with Crippen molar-refractivity contribution >= 4 is 17.3 Å². The van der Waals surface area contributed by atoms with Crippen molar-refractivity contribution < 1.29 is 19.0 Å². The molecule has 6 heteroatoms. The Balaban J connectivity index is 2.61. The zero-order valence-electron chi connectivity index (χ0n) is 9.44. The van der Waals surface area contributed by atoms with Crippen molar-refractivity contribution in [3.05, 3.63) is 24.0 Å². The molecule has 1 aromatic carbocycles. The highest BCUT2D eigenvalue weighted by molar-refractivity contribution is 5.96. The summed E-state index contributed by atoms with van der Waals surface area (Å²) < 4.78 is 17.8. The molecule has 0 fully saturated rings. The molecule has 1 atom stereocenters. The van der Waals surface area contributed by atoms with Crippen LogP contribution in [0.4, 0.5) is 15.8 Å². The van der Waals surface area contributed by atoms with Crippen molar-refractivity contribution in [1.29, 1.82) is 0 Å². The second kappa shape index (κ2) is 6.17. The molecule has 0 aromatic heterocycles. The Morgan fingerprint density at radius 2 is 2.35 bits per heavy atom. The highest BCUT2D eigenvalue weighted by atomic mass is 19.1. The lowest BCUT2D eigenvalue weighted by molar-refractivity contribution is -0.126. The molecule has 5 nitrogen and oxygen atoms in total. The van der Waals surface area contributed by atoms with E-state index in [0.717, 1.165) is 6.07 Å². The first-order valence-corrected chi connectivity index (χ1v) is 5.13. The molecule has 0 aliphatic heterocycles. The molecular formula is C11H15FN2O3. The number of aliphatic hydroxyl groups is 1. The van der Waals surface area contributed by atoms with E-state index in [9.17, 15) is 9.18 Å². The summed E-state index contributed by atoms with van der Waals surface area (Å²) in [5.41, 5.74) is 6.01. The fourth-order valence-corrected chi connectivity index (χ4v) is 1.19. The first-order chi connectivity index (χ1) is 8.04. The van der Waals surface area contributed by atoms with E-state index in [4.69, 9.17) is 15.6 Å². The Morgan fingerprint density at radius 3 is 2.94 bits per heavy atom. The van der Waals surface area contributed by atoms with Gasteiger partial charge in [-0.2, -0.15) is 0 Å². The van der Waals surface area contributed by atoms with Crippen LogP contribution < -0.4 is 11.1 Å². The van der Waals surface area contributed by atoms with Crippen LogP contribution >= 0.6 is 0 Å². The third kappa shape index (κ3) is 4.01. The molecule has 94 valence electrons. The molecule has 1 unspecified atom stereocenters. The molecule has 1 amide bonds. The molecule has 0 saturated heterocycles. The van der Waals surface area contributed by atoms with Crippen LogP contribution in [0.3, 0.4) is 0 Å². The van der Waals surface area contributed by atoms with Gasteiger partial charge in [0.2, 0.25) is 0 Å². The Labute approximate surface area is 98.4 Å². The number of ether oxygens (including phenoxy) is 1. The molecule has 0 spiro atoms. The second-order valence-corrected chi connectivity index (χ2v) is 3.46. The maximum absolute atomic E-state index is 12.8. The van der Waals surface area contributed by atoms with Gasteiger partial charge in [-0.25, -0.2) is 4.39 Å². The summed E-state index contributed by atoms with van der Waals surface area (Å²) in [6.45, 7) is 1.47. The largest absolute Gasteiger partial charge is 0.397 e. The minimum atomic E-state index is -0.716. The van der Waals surface area contributed by atoms with Crippen molar-refractivity contribution in [2.75, 3.05) is 24.3 Å². The summed E-state index contributed by atoms with van der Waals surface area (Å²) >= 11 is 0. The molecule has 0 aliphatic rings. The summed E-state index contributed by atoms with van der Waals surface area (Å²) in [5, 5.41) is 11.1. The number of halogens is 1. The highest BCUT2D eigenvalue weighted by Gasteiger charge is 2.14. The van der Waals surface area contributed by atoms with Gasteiger partial charge in [-0.3, -0.25) is 4.79 Å².